The molecule has 2 amide bonds. The van der Waals surface area contributed by atoms with Crippen molar-refractivity contribution in [1.29, 1.82) is 0 Å². The van der Waals surface area contributed by atoms with E-state index in [0.29, 0.717) is 28.7 Å². The number of pyridine rings is 1. The number of primary amides is 1. The molecule has 2 saturated heterocycles. The molecule has 2 aliphatic rings. The first-order valence-electron chi connectivity index (χ1n) is 12.0. The molecule has 0 saturated carbocycles. The lowest BCUT2D eigenvalue weighted by Gasteiger charge is -2.19. The molecule has 2 fully saturated rings. The Labute approximate surface area is 207 Å². The third-order valence-corrected chi connectivity index (χ3v) is 6.13. The number of fused-ring (bicyclic) bond motifs is 1. The van der Waals surface area contributed by atoms with Crippen LogP contribution < -0.4 is 20.5 Å². The van der Waals surface area contributed by atoms with Crippen LogP contribution in [0, 0.1) is 17.8 Å². The van der Waals surface area contributed by atoms with Crippen LogP contribution >= 0.6 is 0 Å². The molecule has 10 heteroatoms. The van der Waals surface area contributed by atoms with Gasteiger partial charge in [0.05, 0.1) is 23.3 Å². The van der Waals surface area contributed by atoms with Gasteiger partial charge in [0.2, 0.25) is 5.88 Å². The van der Waals surface area contributed by atoms with Crippen LogP contribution in [0.5, 0.6) is 11.6 Å². The third-order valence-electron chi connectivity index (χ3n) is 6.13. The second-order valence-electron chi connectivity index (χ2n) is 9.35. The Balaban J connectivity index is 1.68. The maximum Gasteiger partial charge on any atom is 0.326 e. The average molecular weight is 502 g/mol. The number of hydrogen-bond acceptors (Lipinski definition) is 6. The van der Waals surface area contributed by atoms with Crippen molar-refractivity contribution >= 4 is 22.6 Å². The molecule has 0 spiro atoms. The molecule has 1 atom stereocenters. The Morgan fingerprint density at radius 3 is 2.69 bits per heavy atom. The maximum absolute atomic E-state index is 13.6. The Morgan fingerprint density at radius 2 is 2.06 bits per heavy atom. The molecule has 192 valence electrons. The lowest BCUT2D eigenvalue weighted by molar-refractivity contribution is -0.139. The van der Waals surface area contributed by atoms with E-state index >= 15 is 0 Å². The van der Waals surface area contributed by atoms with E-state index in [2.05, 4.69) is 22.1 Å². The summed E-state index contributed by atoms with van der Waals surface area (Å²) in [5, 5.41) is 3.30. The van der Waals surface area contributed by atoms with Crippen LogP contribution in [0.2, 0.25) is 0 Å². The zero-order valence-corrected chi connectivity index (χ0v) is 20.2. The van der Waals surface area contributed by atoms with Gasteiger partial charge in [0.1, 0.15) is 12.4 Å². The van der Waals surface area contributed by atoms with E-state index in [4.69, 9.17) is 19.9 Å². The lowest BCUT2D eigenvalue weighted by Crippen LogP contribution is -2.33. The van der Waals surface area contributed by atoms with Gasteiger partial charge >= 0.3 is 5.92 Å². The summed E-state index contributed by atoms with van der Waals surface area (Å²) in [7, 11) is 0. The number of halogens is 2. The Kier molecular flexibility index (Phi) is 7.59. The van der Waals surface area contributed by atoms with Crippen LogP contribution in [-0.4, -0.2) is 54.7 Å². The smallest absolute Gasteiger partial charge is 0.326 e. The zero-order valence-electron chi connectivity index (χ0n) is 20.2. The summed E-state index contributed by atoms with van der Waals surface area (Å²) in [5.74, 6) is 1.80. The van der Waals surface area contributed by atoms with Crippen molar-refractivity contribution in [3.63, 3.8) is 0 Å². The number of aromatic nitrogens is 1. The van der Waals surface area contributed by atoms with Crippen LogP contribution in [0.25, 0.3) is 10.8 Å². The van der Waals surface area contributed by atoms with Crippen molar-refractivity contribution in [2.24, 2.45) is 11.7 Å². The molecule has 3 heterocycles. The molecule has 8 nitrogen and oxygen atoms in total. The fraction of sp³-hybridized carbons (Fsp3) is 0.500. The molecule has 3 N–H and O–H groups in total. The van der Waals surface area contributed by atoms with E-state index in [1.165, 1.54) is 6.20 Å². The highest BCUT2D eigenvalue weighted by Crippen LogP contribution is 2.34. The fourth-order valence-electron chi connectivity index (χ4n) is 4.27. The summed E-state index contributed by atoms with van der Waals surface area (Å²) in [6, 6.07) is 2.33. The SMILES string of the molecule is CC(C)Oc1cc2c(OCC3CC(F)(F)C(=O)N3)ncc(C#CCC3CCOCC3)c2cc1C(N)=O. The first-order chi connectivity index (χ1) is 17.1. The topological polar surface area (TPSA) is 113 Å². The second kappa shape index (κ2) is 10.7. The summed E-state index contributed by atoms with van der Waals surface area (Å²) in [4.78, 5) is 28.0. The molecule has 0 radical (unpaired) electrons. The van der Waals surface area contributed by atoms with E-state index in [-0.39, 0.29) is 29.9 Å². The van der Waals surface area contributed by atoms with Crippen molar-refractivity contribution < 1.29 is 32.6 Å². The number of amides is 2. The average Bonchev–Trinajstić information content (AvgIpc) is 3.09. The monoisotopic (exact) mass is 501 g/mol. The predicted octanol–water partition coefficient (Wildman–Crippen LogP) is 3.19. The zero-order chi connectivity index (χ0) is 25.9. The highest BCUT2D eigenvalue weighted by molar-refractivity contribution is 6.03. The van der Waals surface area contributed by atoms with Crippen LogP contribution in [0.3, 0.4) is 0 Å². The molecular formula is C26H29F2N3O5. The van der Waals surface area contributed by atoms with Crippen molar-refractivity contribution in [2.75, 3.05) is 19.8 Å². The van der Waals surface area contributed by atoms with Gasteiger partial charge in [-0.2, -0.15) is 8.78 Å². The minimum atomic E-state index is -3.43. The van der Waals surface area contributed by atoms with Gasteiger partial charge in [-0.05, 0) is 44.7 Å². The van der Waals surface area contributed by atoms with Gasteiger partial charge in [-0.15, -0.1) is 0 Å². The van der Waals surface area contributed by atoms with Crippen LogP contribution in [0.15, 0.2) is 18.3 Å². The van der Waals surface area contributed by atoms with E-state index in [1.54, 1.807) is 12.1 Å². The van der Waals surface area contributed by atoms with Gasteiger partial charge in [-0.1, -0.05) is 11.8 Å². The maximum atomic E-state index is 13.6. The standard InChI is InChI=1S/C26H29F2N3O5/c1-15(2)36-22-11-20-19(10-21(22)23(29)32)17(5-3-4-16-6-8-34-9-7-16)13-30-24(20)35-14-18-12-26(27,28)25(33)31-18/h10-11,13,15-16,18H,4,6-9,12,14H2,1-2H3,(H2,29,32)(H,31,33). The number of carbonyl (C=O) groups excluding carboxylic acids is 2. The Bertz CT molecular complexity index is 1220. The Morgan fingerprint density at radius 1 is 1.31 bits per heavy atom. The van der Waals surface area contributed by atoms with E-state index in [0.717, 1.165) is 26.1 Å². The van der Waals surface area contributed by atoms with Crippen molar-refractivity contribution in [3.05, 3.63) is 29.5 Å². The van der Waals surface area contributed by atoms with Crippen LogP contribution in [0.1, 0.15) is 55.5 Å². The molecule has 0 aliphatic carbocycles. The molecule has 2 aromatic rings. The lowest BCUT2D eigenvalue weighted by atomic mass is 9.96. The highest BCUT2D eigenvalue weighted by Gasteiger charge is 2.48. The number of nitrogens with zero attached hydrogens (tertiary/aromatic N) is 1. The van der Waals surface area contributed by atoms with Crippen LogP contribution in [-0.2, 0) is 9.53 Å². The Hall–Kier alpha value is -3.45. The number of benzene rings is 1. The minimum Gasteiger partial charge on any atom is -0.490 e. The van der Waals surface area contributed by atoms with Crippen LogP contribution in [0.4, 0.5) is 8.78 Å². The van der Waals surface area contributed by atoms with Gasteiger partial charge in [-0.25, -0.2) is 4.98 Å². The van der Waals surface area contributed by atoms with E-state index < -0.39 is 30.2 Å². The van der Waals surface area contributed by atoms with Gasteiger partial charge < -0.3 is 25.3 Å². The summed E-state index contributed by atoms with van der Waals surface area (Å²) in [6.45, 7) is 4.89. The quantitative estimate of drug-likeness (QED) is 0.564. The van der Waals surface area contributed by atoms with Crippen molar-refractivity contribution in [3.8, 4) is 23.5 Å². The number of hydrogen-bond donors (Lipinski definition) is 2. The summed E-state index contributed by atoms with van der Waals surface area (Å²) in [6.07, 6.45) is 3.24. The summed E-state index contributed by atoms with van der Waals surface area (Å²) < 4.78 is 44.2. The van der Waals surface area contributed by atoms with Gasteiger partial charge in [-0.3, -0.25) is 9.59 Å². The molecule has 1 aromatic heterocycles. The minimum absolute atomic E-state index is 0.147. The molecule has 1 aromatic carbocycles. The molecule has 1 unspecified atom stereocenters. The third kappa shape index (κ3) is 5.85. The second-order valence-corrected chi connectivity index (χ2v) is 9.35. The van der Waals surface area contributed by atoms with E-state index in [9.17, 15) is 18.4 Å². The molecule has 36 heavy (non-hydrogen) atoms. The number of rotatable bonds is 7. The van der Waals surface area contributed by atoms with Gasteiger partial charge in [0, 0.05) is 43.0 Å². The summed E-state index contributed by atoms with van der Waals surface area (Å²) >= 11 is 0. The largest absolute Gasteiger partial charge is 0.490 e. The number of ether oxygens (including phenoxy) is 3. The van der Waals surface area contributed by atoms with Crippen molar-refractivity contribution in [1.82, 2.24) is 10.3 Å². The van der Waals surface area contributed by atoms with Gasteiger partial charge in [0.25, 0.3) is 11.8 Å². The number of carbonyl (C=O) groups is 2. The number of nitrogens with one attached hydrogen (secondary N) is 1. The van der Waals surface area contributed by atoms with E-state index in [1.807, 2.05) is 13.8 Å². The summed E-state index contributed by atoms with van der Waals surface area (Å²) in [5.41, 5.74) is 6.38. The first kappa shape index (κ1) is 25.6. The molecule has 2 aliphatic heterocycles. The predicted molar refractivity (Wildman–Crippen MR) is 128 cm³/mol. The van der Waals surface area contributed by atoms with Crippen molar-refractivity contribution in [2.45, 2.75) is 57.6 Å². The normalized spacial score (nSPS) is 19.6. The molecule has 0 bridgehead atoms. The number of alkyl halides is 2. The van der Waals surface area contributed by atoms with Gasteiger partial charge in [0.15, 0.2) is 0 Å². The highest BCUT2D eigenvalue weighted by atomic mass is 19.3. The number of nitrogens with two attached hydrogens (primary N) is 1. The molecule has 4 rings (SSSR count). The first-order valence-corrected chi connectivity index (χ1v) is 12.0. The fourth-order valence-corrected chi connectivity index (χ4v) is 4.27. The molecular weight excluding hydrogens is 472 g/mol.